The van der Waals surface area contributed by atoms with Gasteiger partial charge in [0, 0.05) is 18.4 Å². The Hall–Kier alpha value is -1.59. The van der Waals surface area contributed by atoms with Gasteiger partial charge in [-0.3, -0.25) is 4.79 Å². The van der Waals surface area contributed by atoms with E-state index < -0.39 is 42.7 Å². The molecular formula is C14H15F4NO. The average molecular weight is 289 g/mol. The maximum Gasteiger partial charge on any atom is 0.252 e. The highest BCUT2D eigenvalue weighted by atomic mass is 19.3. The van der Waals surface area contributed by atoms with E-state index in [4.69, 9.17) is 0 Å². The Bertz CT molecular complexity index is 494. The lowest BCUT2D eigenvalue weighted by Crippen LogP contribution is -2.51. The Morgan fingerprint density at radius 2 is 1.75 bits per heavy atom. The van der Waals surface area contributed by atoms with Gasteiger partial charge in [-0.25, -0.2) is 17.6 Å². The summed E-state index contributed by atoms with van der Waals surface area (Å²) in [6, 6.07) is 5.68. The molecule has 0 heterocycles. The summed E-state index contributed by atoms with van der Waals surface area (Å²) < 4.78 is 53.0. The average Bonchev–Trinajstić information content (AvgIpc) is 2.42. The molecule has 1 aliphatic carbocycles. The Morgan fingerprint density at radius 3 is 2.30 bits per heavy atom. The molecule has 0 aromatic heterocycles. The molecule has 1 aromatic carbocycles. The van der Waals surface area contributed by atoms with Crippen LogP contribution in [-0.4, -0.2) is 18.5 Å². The summed E-state index contributed by atoms with van der Waals surface area (Å²) in [4.78, 5) is 11.3. The van der Waals surface area contributed by atoms with E-state index in [1.54, 1.807) is 6.07 Å². The zero-order valence-electron chi connectivity index (χ0n) is 10.8. The van der Waals surface area contributed by atoms with Gasteiger partial charge < -0.3 is 5.32 Å². The van der Waals surface area contributed by atoms with Crippen molar-refractivity contribution in [2.24, 2.45) is 0 Å². The van der Waals surface area contributed by atoms with Crippen LogP contribution in [0.1, 0.15) is 31.2 Å². The summed E-state index contributed by atoms with van der Waals surface area (Å²) in [5.74, 6) is -4.33. The third kappa shape index (κ3) is 2.94. The van der Waals surface area contributed by atoms with Gasteiger partial charge in [0.25, 0.3) is 5.91 Å². The minimum absolute atomic E-state index is 0.118. The van der Waals surface area contributed by atoms with Crippen molar-refractivity contribution in [3.63, 3.8) is 0 Å². The van der Waals surface area contributed by atoms with Crippen molar-refractivity contribution in [1.29, 1.82) is 0 Å². The molecule has 0 spiro atoms. The first-order chi connectivity index (χ1) is 9.38. The van der Waals surface area contributed by atoms with Crippen LogP contribution in [0.2, 0.25) is 0 Å². The number of nitrogens with one attached hydrogen (secondary N) is 1. The lowest BCUT2D eigenvalue weighted by atomic mass is 9.75. The highest BCUT2D eigenvalue weighted by Crippen LogP contribution is 2.44. The Balaban J connectivity index is 2.35. The number of carbonyl (C=O) groups excluding carboxylic acids is 1. The molecule has 2 rings (SSSR count). The molecule has 6 heteroatoms. The third-order valence-corrected chi connectivity index (χ3v) is 3.72. The largest absolute Gasteiger partial charge is 0.344 e. The molecule has 0 aliphatic heterocycles. The molecule has 20 heavy (non-hydrogen) atoms. The maximum absolute atomic E-state index is 13.9. The summed E-state index contributed by atoms with van der Waals surface area (Å²) in [7, 11) is 0. The van der Waals surface area contributed by atoms with E-state index in [2.05, 4.69) is 5.32 Å². The molecular weight excluding hydrogens is 274 g/mol. The fourth-order valence-corrected chi connectivity index (χ4v) is 2.65. The SMILES string of the molecule is O=C(CF)NC1(c2ccccc2F)CCC(F)(F)CC1. The van der Waals surface area contributed by atoms with E-state index in [9.17, 15) is 22.4 Å². The molecule has 0 atom stereocenters. The van der Waals surface area contributed by atoms with Gasteiger partial charge in [0.2, 0.25) is 5.92 Å². The van der Waals surface area contributed by atoms with Gasteiger partial charge in [-0.15, -0.1) is 0 Å². The highest BCUT2D eigenvalue weighted by molar-refractivity contribution is 5.78. The van der Waals surface area contributed by atoms with Crippen molar-refractivity contribution in [1.82, 2.24) is 5.32 Å². The van der Waals surface area contributed by atoms with Crippen LogP contribution in [-0.2, 0) is 10.3 Å². The van der Waals surface area contributed by atoms with Gasteiger partial charge >= 0.3 is 0 Å². The monoisotopic (exact) mass is 289 g/mol. The Kier molecular flexibility index (Phi) is 4.01. The predicted octanol–water partition coefficient (Wildman–Crippen LogP) is 3.32. The molecule has 1 aromatic rings. The van der Waals surface area contributed by atoms with Crippen LogP contribution in [0, 0.1) is 5.82 Å². The maximum atomic E-state index is 13.9. The van der Waals surface area contributed by atoms with Crippen LogP contribution in [0.3, 0.4) is 0 Å². The Labute approximate surface area is 114 Å². The standard InChI is InChI=1S/C14H15F4NO/c15-9-12(20)19-13(5-7-14(17,18)8-6-13)10-3-1-2-4-11(10)16/h1-4H,5-9H2,(H,19,20). The minimum Gasteiger partial charge on any atom is -0.344 e. The summed E-state index contributed by atoms with van der Waals surface area (Å²) in [6.07, 6.45) is -1.17. The van der Waals surface area contributed by atoms with E-state index in [1.807, 2.05) is 0 Å². The van der Waals surface area contributed by atoms with Gasteiger partial charge in [0.05, 0.1) is 5.54 Å². The summed E-state index contributed by atoms with van der Waals surface area (Å²) >= 11 is 0. The van der Waals surface area contributed by atoms with Crippen molar-refractivity contribution in [2.75, 3.05) is 6.67 Å². The smallest absolute Gasteiger partial charge is 0.252 e. The molecule has 0 radical (unpaired) electrons. The quantitative estimate of drug-likeness (QED) is 0.850. The second-order valence-corrected chi connectivity index (χ2v) is 5.10. The number of alkyl halides is 3. The van der Waals surface area contributed by atoms with Crippen molar-refractivity contribution in [3.8, 4) is 0 Å². The van der Waals surface area contributed by atoms with Gasteiger partial charge in [0.15, 0.2) is 6.67 Å². The first-order valence-corrected chi connectivity index (χ1v) is 6.38. The van der Waals surface area contributed by atoms with Gasteiger partial charge in [-0.1, -0.05) is 18.2 Å². The van der Waals surface area contributed by atoms with E-state index in [-0.39, 0.29) is 18.4 Å². The molecule has 0 bridgehead atoms. The van der Waals surface area contributed by atoms with Crippen molar-refractivity contribution in [2.45, 2.75) is 37.1 Å². The van der Waals surface area contributed by atoms with Crippen LogP contribution >= 0.6 is 0 Å². The predicted molar refractivity (Wildman–Crippen MR) is 65.6 cm³/mol. The number of halogens is 4. The Morgan fingerprint density at radius 1 is 1.15 bits per heavy atom. The van der Waals surface area contributed by atoms with Crippen LogP contribution < -0.4 is 5.32 Å². The van der Waals surface area contributed by atoms with E-state index in [1.165, 1.54) is 18.2 Å². The first kappa shape index (κ1) is 14.8. The molecule has 2 nitrogen and oxygen atoms in total. The van der Waals surface area contributed by atoms with Crippen LogP contribution in [0.25, 0.3) is 0 Å². The molecule has 1 aliphatic rings. The number of amides is 1. The zero-order valence-corrected chi connectivity index (χ0v) is 10.8. The normalized spacial score (nSPS) is 20.4. The van der Waals surface area contributed by atoms with E-state index in [0.29, 0.717) is 0 Å². The van der Waals surface area contributed by atoms with Gasteiger partial charge in [0.1, 0.15) is 5.82 Å². The van der Waals surface area contributed by atoms with Crippen molar-refractivity contribution < 1.29 is 22.4 Å². The van der Waals surface area contributed by atoms with Crippen LogP contribution in [0.4, 0.5) is 17.6 Å². The van der Waals surface area contributed by atoms with Crippen molar-refractivity contribution >= 4 is 5.91 Å². The molecule has 1 amide bonds. The molecule has 1 fully saturated rings. The second kappa shape index (κ2) is 5.42. The molecule has 1 N–H and O–H groups in total. The number of rotatable bonds is 3. The van der Waals surface area contributed by atoms with Gasteiger partial charge in [-0.05, 0) is 18.9 Å². The summed E-state index contributed by atoms with van der Waals surface area (Å²) in [5, 5.41) is 2.39. The fraction of sp³-hybridized carbons (Fsp3) is 0.500. The third-order valence-electron chi connectivity index (χ3n) is 3.72. The van der Waals surface area contributed by atoms with E-state index in [0.717, 1.165) is 0 Å². The molecule has 110 valence electrons. The second-order valence-electron chi connectivity index (χ2n) is 5.10. The fourth-order valence-electron chi connectivity index (χ4n) is 2.65. The topological polar surface area (TPSA) is 29.1 Å². The molecule has 1 saturated carbocycles. The minimum atomic E-state index is -2.82. The van der Waals surface area contributed by atoms with E-state index >= 15 is 0 Å². The number of benzene rings is 1. The van der Waals surface area contributed by atoms with Crippen LogP contribution in [0.15, 0.2) is 24.3 Å². The van der Waals surface area contributed by atoms with Gasteiger partial charge in [-0.2, -0.15) is 0 Å². The van der Waals surface area contributed by atoms with Crippen molar-refractivity contribution in [3.05, 3.63) is 35.6 Å². The first-order valence-electron chi connectivity index (χ1n) is 6.38. The number of hydrogen-bond donors (Lipinski definition) is 1. The molecule has 0 saturated heterocycles. The molecule has 0 unspecified atom stereocenters. The zero-order chi connectivity index (χ0) is 14.8. The summed E-state index contributed by atoms with van der Waals surface area (Å²) in [5.41, 5.74) is -1.12. The number of carbonyl (C=O) groups is 1. The lowest BCUT2D eigenvalue weighted by Gasteiger charge is -2.41. The number of hydrogen-bond acceptors (Lipinski definition) is 1. The lowest BCUT2D eigenvalue weighted by molar-refractivity contribution is -0.126. The van der Waals surface area contributed by atoms with Crippen LogP contribution in [0.5, 0.6) is 0 Å². The highest BCUT2D eigenvalue weighted by Gasteiger charge is 2.46. The summed E-state index contributed by atoms with van der Waals surface area (Å²) in [6.45, 7) is -1.26.